The van der Waals surface area contributed by atoms with Gasteiger partial charge in [0.25, 0.3) is 5.91 Å². The lowest BCUT2D eigenvalue weighted by atomic mass is 10.1. The van der Waals surface area contributed by atoms with E-state index in [9.17, 15) is 4.79 Å². The standard InChI is InChI=1S/C21H23N5O.ClH/c1-22-17-11-8-14-25(15-17)21(27)19-23-20(16-9-4-2-5-10-16)26(24-19)18-12-6-3-7-13-18;/h2-7,9-10,12-13,17,22H,8,11,14-15H2,1H3;1H. The molecule has 0 saturated carbocycles. The first-order valence-corrected chi connectivity index (χ1v) is 9.30. The van der Waals surface area contributed by atoms with Crippen LogP contribution < -0.4 is 5.32 Å². The molecule has 1 fully saturated rings. The predicted octanol–water partition coefficient (Wildman–Crippen LogP) is 3.18. The van der Waals surface area contributed by atoms with Crippen molar-refractivity contribution in [3.8, 4) is 17.1 Å². The molecule has 0 aliphatic carbocycles. The summed E-state index contributed by atoms with van der Waals surface area (Å²) < 4.78 is 1.75. The maximum absolute atomic E-state index is 13.0. The van der Waals surface area contributed by atoms with E-state index in [-0.39, 0.29) is 24.1 Å². The zero-order valence-electron chi connectivity index (χ0n) is 15.8. The van der Waals surface area contributed by atoms with Crippen LogP contribution in [0.3, 0.4) is 0 Å². The highest BCUT2D eigenvalue weighted by molar-refractivity contribution is 5.91. The van der Waals surface area contributed by atoms with Gasteiger partial charge in [-0.3, -0.25) is 4.79 Å². The number of halogens is 1. The number of benzene rings is 2. The summed E-state index contributed by atoms with van der Waals surface area (Å²) in [6.07, 6.45) is 2.07. The first-order chi connectivity index (χ1) is 13.3. The molecule has 1 aromatic heterocycles. The number of para-hydroxylation sites is 1. The van der Waals surface area contributed by atoms with E-state index in [1.807, 2.05) is 72.6 Å². The van der Waals surface area contributed by atoms with Crippen LogP contribution in [0.2, 0.25) is 0 Å². The molecule has 0 radical (unpaired) electrons. The summed E-state index contributed by atoms with van der Waals surface area (Å²) in [5.41, 5.74) is 1.81. The molecular weight excluding hydrogens is 374 g/mol. The molecule has 4 rings (SSSR count). The Bertz CT molecular complexity index is 856. The minimum Gasteiger partial charge on any atom is -0.334 e. The van der Waals surface area contributed by atoms with Crippen LogP contribution in [-0.2, 0) is 0 Å². The van der Waals surface area contributed by atoms with Crippen molar-refractivity contribution in [2.24, 2.45) is 0 Å². The highest BCUT2D eigenvalue weighted by Gasteiger charge is 2.27. The van der Waals surface area contributed by atoms with Gasteiger partial charge in [0.2, 0.25) is 5.82 Å². The first kappa shape index (κ1) is 20.0. The van der Waals surface area contributed by atoms with Crippen LogP contribution in [0.4, 0.5) is 0 Å². The third-order valence-electron chi connectivity index (χ3n) is 4.95. The van der Waals surface area contributed by atoms with Crippen LogP contribution in [-0.4, -0.2) is 51.8 Å². The van der Waals surface area contributed by atoms with Gasteiger partial charge in [-0.2, -0.15) is 0 Å². The van der Waals surface area contributed by atoms with E-state index in [1.165, 1.54) is 0 Å². The van der Waals surface area contributed by atoms with E-state index in [2.05, 4.69) is 15.4 Å². The van der Waals surface area contributed by atoms with E-state index < -0.39 is 0 Å². The number of amides is 1. The Morgan fingerprint density at radius 2 is 1.75 bits per heavy atom. The number of nitrogens with one attached hydrogen (secondary N) is 1. The molecule has 1 amide bonds. The van der Waals surface area contributed by atoms with E-state index in [0.29, 0.717) is 18.4 Å². The van der Waals surface area contributed by atoms with Gasteiger partial charge in [-0.1, -0.05) is 48.5 Å². The number of rotatable bonds is 4. The third kappa shape index (κ3) is 4.08. The number of nitrogens with zero attached hydrogens (tertiary/aromatic N) is 4. The predicted molar refractivity (Wildman–Crippen MR) is 112 cm³/mol. The first-order valence-electron chi connectivity index (χ1n) is 9.30. The van der Waals surface area contributed by atoms with Crippen LogP contribution in [0.25, 0.3) is 17.1 Å². The average Bonchev–Trinajstić information content (AvgIpc) is 3.20. The van der Waals surface area contributed by atoms with Crippen molar-refractivity contribution in [1.82, 2.24) is 25.0 Å². The highest BCUT2D eigenvalue weighted by atomic mass is 35.5. The van der Waals surface area contributed by atoms with Crippen molar-refractivity contribution < 1.29 is 4.79 Å². The fourth-order valence-corrected chi connectivity index (χ4v) is 3.46. The smallest absolute Gasteiger partial charge is 0.293 e. The Hall–Kier alpha value is -2.70. The van der Waals surface area contributed by atoms with E-state index >= 15 is 0 Å². The number of carbonyl (C=O) groups excluding carboxylic acids is 1. The molecular formula is C21H24ClN5O. The molecule has 0 bridgehead atoms. The molecule has 28 heavy (non-hydrogen) atoms. The molecule has 0 spiro atoms. The number of aromatic nitrogens is 3. The lowest BCUT2D eigenvalue weighted by molar-refractivity contribution is 0.0686. The Morgan fingerprint density at radius 1 is 1.07 bits per heavy atom. The second-order valence-corrected chi connectivity index (χ2v) is 6.75. The molecule has 2 heterocycles. The van der Waals surface area contributed by atoms with Crippen LogP contribution in [0.15, 0.2) is 60.7 Å². The highest BCUT2D eigenvalue weighted by Crippen LogP contribution is 2.22. The number of carbonyl (C=O) groups is 1. The Balaban J connectivity index is 0.00000225. The van der Waals surface area contributed by atoms with E-state index in [4.69, 9.17) is 0 Å². The molecule has 1 N–H and O–H groups in total. The zero-order valence-corrected chi connectivity index (χ0v) is 16.6. The average molecular weight is 398 g/mol. The van der Waals surface area contributed by atoms with Crippen LogP contribution in [0.1, 0.15) is 23.5 Å². The normalized spacial score (nSPS) is 16.5. The van der Waals surface area contributed by atoms with Crippen molar-refractivity contribution in [2.45, 2.75) is 18.9 Å². The van der Waals surface area contributed by atoms with Gasteiger partial charge in [0.1, 0.15) is 0 Å². The third-order valence-corrected chi connectivity index (χ3v) is 4.95. The lowest BCUT2D eigenvalue weighted by Crippen LogP contribution is -2.47. The summed E-state index contributed by atoms with van der Waals surface area (Å²) in [6, 6.07) is 20.0. The number of piperidine rings is 1. The lowest BCUT2D eigenvalue weighted by Gasteiger charge is -2.31. The number of hydrogen-bond acceptors (Lipinski definition) is 4. The van der Waals surface area contributed by atoms with Crippen molar-refractivity contribution in [1.29, 1.82) is 0 Å². The van der Waals surface area contributed by atoms with Gasteiger partial charge >= 0.3 is 0 Å². The van der Waals surface area contributed by atoms with Gasteiger partial charge in [-0.25, -0.2) is 9.67 Å². The van der Waals surface area contributed by atoms with Gasteiger partial charge < -0.3 is 10.2 Å². The van der Waals surface area contributed by atoms with Crippen molar-refractivity contribution in [2.75, 3.05) is 20.1 Å². The molecule has 1 saturated heterocycles. The number of hydrogen-bond donors (Lipinski definition) is 1. The Kier molecular flexibility index (Phi) is 6.44. The topological polar surface area (TPSA) is 63.1 Å². The monoisotopic (exact) mass is 397 g/mol. The maximum atomic E-state index is 13.0. The van der Waals surface area contributed by atoms with E-state index in [0.717, 1.165) is 30.6 Å². The molecule has 1 aliphatic heterocycles. The van der Waals surface area contributed by atoms with Crippen LogP contribution >= 0.6 is 12.4 Å². The van der Waals surface area contributed by atoms with Crippen molar-refractivity contribution >= 4 is 18.3 Å². The summed E-state index contributed by atoms with van der Waals surface area (Å²) in [5, 5.41) is 7.85. The maximum Gasteiger partial charge on any atom is 0.293 e. The Morgan fingerprint density at radius 3 is 2.43 bits per heavy atom. The summed E-state index contributed by atoms with van der Waals surface area (Å²) in [6.45, 7) is 1.44. The fraction of sp³-hybridized carbons (Fsp3) is 0.286. The van der Waals surface area contributed by atoms with Crippen LogP contribution in [0, 0.1) is 0 Å². The summed E-state index contributed by atoms with van der Waals surface area (Å²) >= 11 is 0. The minimum absolute atomic E-state index is 0. The molecule has 2 aromatic carbocycles. The van der Waals surface area contributed by atoms with Gasteiger partial charge in [0.15, 0.2) is 5.82 Å². The van der Waals surface area contributed by atoms with Gasteiger partial charge in [0, 0.05) is 24.7 Å². The minimum atomic E-state index is -0.109. The summed E-state index contributed by atoms with van der Waals surface area (Å²) in [4.78, 5) is 19.5. The molecule has 7 heteroatoms. The Labute approximate surface area is 171 Å². The quantitative estimate of drug-likeness (QED) is 0.734. The molecule has 1 aliphatic rings. The number of likely N-dealkylation sites (N-methyl/N-ethyl adjacent to an activating group) is 1. The molecule has 3 aromatic rings. The summed E-state index contributed by atoms with van der Waals surface area (Å²) in [7, 11) is 1.94. The second kappa shape index (κ2) is 8.99. The van der Waals surface area contributed by atoms with Gasteiger partial charge in [-0.15, -0.1) is 17.5 Å². The van der Waals surface area contributed by atoms with Crippen molar-refractivity contribution in [3.63, 3.8) is 0 Å². The molecule has 6 nitrogen and oxygen atoms in total. The molecule has 146 valence electrons. The largest absolute Gasteiger partial charge is 0.334 e. The second-order valence-electron chi connectivity index (χ2n) is 6.75. The molecule has 1 unspecified atom stereocenters. The summed E-state index contributed by atoms with van der Waals surface area (Å²) in [5.74, 6) is 0.809. The molecule has 1 atom stereocenters. The van der Waals surface area contributed by atoms with Gasteiger partial charge in [0.05, 0.1) is 5.69 Å². The SMILES string of the molecule is CNC1CCCN(C(=O)c2nc(-c3ccccc3)n(-c3ccccc3)n2)C1.Cl. The number of likely N-dealkylation sites (tertiary alicyclic amines) is 1. The van der Waals surface area contributed by atoms with Crippen molar-refractivity contribution in [3.05, 3.63) is 66.5 Å². The van der Waals surface area contributed by atoms with E-state index in [1.54, 1.807) is 4.68 Å². The zero-order chi connectivity index (χ0) is 18.6. The fourth-order valence-electron chi connectivity index (χ4n) is 3.46. The van der Waals surface area contributed by atoms with Gasteiger partial charge in [-0.05, 0) is 32.0 Å². The van der Waals surface area contributed by atoms with Crippen LogP contribution in [0.5, 0.6) is 0 Å².